The third-order valence-electron chi connectivity index (χ3n) is 3.49. The fraction of sp³-hybridized carbons (Fsp3) is 0.571. The molecule has 0 aromatic heterocycles. The number of rotatable bonds is 2. The van der Waals surface area contributed by atoms with E-state index >= 15 is 0 Å². The van der Waals surface area contributed by atoms with Crippen LogP contribution in [0, 0.1) is 5.41 Å². The van der Waals surface area contributed by atoms with Gasteiger partial charge in [0.1, 0.15) is 0 Å². The lowest BCUT2D eigenvalue weighted by Crippen LogP contribution is -2.36. The van der Waals surface area contributed by atoms with Gasteiger partial charge >= 0.3 is 0 Å². The summed E-state index contributed by atoms with van der Waals surface area (Å²) in [5.41, 5.74) is 7.44. The summed E-state index contributed by atoms with van der Waals surface area (Å²) in [6.07, 6.45) is 3.77. The zero-order chi connectivity index (χ0) is 11.8. The average Bonchev–Trinajstić information content (AvgIpc) is 2.63. The first kappa shape index (κ1) is 11.6. The second-order valence-corrected chi connectivity index (χ2v) is 5.85. The van der Waals surface area contributed by atoms with Crippen molar-refractivity contribution in [2.24, 2.45) is 11.3 Å². The molecule has 0 saturated carbocycles. The van der Waals surface area contributed by atoms with Crippen LogP contribution < -0.4 is 11.3 Å². The molecule has 2 nitrogen and oxygen atoms in total. The number of nitrogens with one attached hydrogen (secondary N) is 1. The molecule has 16 heavy (non-hydrogen) atoms. The Balaban J connectivity index is 2.33. The van der Waals surface area contributed by atoms with Gasteiger partial charge in [-0.3, -0.25) is 11.3 Å². The van der Waals surface area contributed by atoms with Gasteiger partial charge < -0.3 is 0 Å². The molecule has 1 aromatic rings. The first-order valence-electron chi connectivity index (χ1n) is 6.10. The van der Waals surface area contributed by atoms with Crippen LogP contribution in [-0.4, -0.2) is 0 Å². The Morgan fingerprint density at radius 2 is 1.88 bits per heavy atom. The van der Waals surface area contributed by atoms with Gasteiger partial charge in [0.15, 0.2) is 0 Å². The van der Waals surface area contributed by atoms with E-state index in [0.717, 1.165) is 0 Å². The predicted octanol–water partition coefficient (Wildman–Crippen LogP) is 2.73. The molecule has 88 valence electrons. The smallest absolute Gasteiger partial charge is 0.0508 e. The molecule has 0 fully saturated rings. The van der Waals surface area contributed by atoms with Gasteiger partial charge in [-0.2, -0.15) is 0 Å². The molecule has 1 atom stereocenters. The summed E-state index contributed by atoms with van der Waals surface area (Å²) in [5.74, 6) is 5.69. The zero-order valence-electron chi connectivity index (χ0n) is 10.5. The number of hydrazine groups is 1. The zero-order valence-corrected chi connectivity index (χ0v) is 10.5. The highest BCUT2D eigenvalue weighted by Gasteiger charge is 2.26. The first-order valence-corrected chi connectivity index (χ1v) is 6.10. The SMILES string of the molecule is CC(C)(C)C(NN)c1ccc2c(c1)CCC2. The molecular formula is C14H22N2. The minimum absolute atomic E-state index is 0.140. The highest BCUT2D eigenvalue weighted by molar-refractivity contribution is 5.37. The van der Waals surface area contributed by atoms with E-state index in [0.29, 0.717) is 0 Å². The minimum Gasteiger partial charge on any atom is -0.271 e. The van der Waals surface area contributed by atoms with Crippen molar-refractivity contribution in [1.29, 1.82) is 0 Å². The van der Waals surface area contributed by atoms with E-state index in [9.17, 15) is 0 Å². The van der Waals surface area contributed by atoms with Crippen molar-refractivity contribution in [2.75, 3.05) is 0 Å². The van der Waals surface area contributed by atoms with Crippen LogP contribution in [0.15, 0.2) is 18.2 Å². The molecule has 1 unspecified atom stereocenters. The van der Waals surface area contributed by atoms with Gasteiger partial charge in [0, 0.05) is 0 Å². The van der Waals surface area contributed by atoms with Crippen molar-refractivity contribution < 1.29 is 0 Å². The molecule has 0 bridgehead atoms. The highest BCUT2D eigenvalue weighted by atomic mass is 15.2. The number of hydrogen-bond donors (Lipinski definition) is 2. The summed E-state index contributed by atoms with van der Waals surface area (Å²) in [6.45, 7) is 6.64. The van der Waals surface area contributed by atoms with Crippen molar-refractivity contribution in [2.45, 2.75) is 46.1 Å². The van der Waals surface area contributed by atoms with Crippen LogP contribution in [0.1, 0.15) is 49.9 Å². The molecule has 0 spiro atoms. The summed E-state index contributed by atoms with van der Waals surface area (Å²) >= 11 is 0. The summed E-state index contributed by atoms with van der Waals surface area (Å²) in [4.78, 5) is 0. The molecule has 1 aromatic carbocycles. The number of hydrogen-bond acceptors (Lipinski definition) is 2. The maximum absolute atomic E-state index is 5.69. The van der Waals surface area contributed by atoms with Crippen molar-refractivity contribution >= 4 is 0 Å². The molecule has 0 aliphatic heterocycles. The summed E-state index contributed by atoms with van der Waals surface area (Å²) in [5, 5.41) is 0. The van der Waals surface area contributed by atoms with Crippen LogP contribution in [0.3, 0.4) is 0 Å². The van der Waals surface area contributed by atoms with Gasteiger partial charge in [-0.15, -0.1) is 0 Å². The molecule has 2 rings (SSSR count). The second-order valence-electron chi connectivity index (χ2n) is 5.85. The van der Waals surface area contributed by atoms with E-state index < -0.39 is 0 Å². The van der Waals surface area contributed by atoms with E-state index in [2.05, 4.69) is 44.4 Å². The van der Waals surface area contributed by atoms with Gasteiger partial charge in [0.2, 0.25) is 0 Å². The molecular weight excluding hydrogens is 196 g/mol. The van der Waals surface area contributed by atoms with Gasteiger partial charge in [-0.05, 0) is 41.4 Å². The maximum atomic E-state index is 5.69. The van der Waals surface area contributed by atoms with E-state index in [1.165, 1.54) is 36.0 Å². The summed E-state index contributed by atoms with van der Waals surface area (Å²) in [7, 11) is 0. The molecule has 3 N–H and O–H groups in total. The van der Waals surface area contributed by atoms with Gasteiger partial charge in [0.25, 0.3) is 0 Å². The summed E-state index contributed by atoms with van der Waals surface area (Å²) in [6, 6.07) is 7.05. The van der Waals surface area contributed by atoms with Crippen LogP contribution in [0.2, 0.25) is 0 Å². The van der Waals surface area contributed by atoms with Crippen LogP contribution >= 0.6 is 0 Å². The Hall–Kier alpha value is -0.860. The molecule has 1 aliphatic carbocycles. The monoisotopic (exact) mass is 218 g/mol. The van der Waals surface area contributed by atoms with Crippen LogP contribution in [0.25, 0.3) is 0 Å². The predicted molar refractivity (Wildman–Crippen MR) is 68.0 cm³/mol. The Bertz CT molecular complexity index is 377. The third kappa shape index (κ3) is 2.13. The topological polar surface area (TPSA) is 38.0 Å². The lowest BCUT2D eigenvalue weighted by molar-refractivity contribution is 0.275. The van der Waals surface area contributed by atoms with Gasteiger partial charge in [-0.25, -0.2) is 0 Å². The molecule has 0 amide bonds. The van der Waals surface area contributed by atoms with Crippen LogP contribution in [0.5, 0.6) is 0 Å². The minimum atomic E-state index is 0.140. The third-order valence-corrected chi connectivity index (χ3v) is 3.49. The van der Waals surface area contributed by atoms with Crippen LogP contribution in [-0.2, 0) is 12.8 Å². The summed E-state index contributed by atoms with van der Waals surface area (Å²) < 4.78 is 0. The average molecular weight is 218 g/mol. The Kier molecular flexibility index (Phi) is 3.04. The Morgan fingerprint density at radius 1 is 1.19 bits per heavy atom. The Labute approximate surface area is 98.2 Å². The quantitative estimate of drug-likeness (QED) is 0.591. The molecule has 1 aliphatic rings. The largest absolute Gasteiger partial charge is 0.271 e. The van der Waals surface area contributed by atoms with Gasteiger partial charge in [0.05, 0.1) is 6.04 Å². The highest BCUT2D eigenvalue weighted by Crippen LogP contribution is 2.34. The fourth-order valence-corrected chi connectivity index (χ4v) is 2.62. The molecule has 0 saturated heterocycles. The number of aryl methyl sites for hydroxylation is 2. The Morgan fingerprint density at radius 3 is 2.50 bits per heavy atom. The van der Waals surface area contributed by atoms with E-state index in [1.54, 1.807) is 0 Å². The normalized spacial score (nSPS) is 17.2. The fourth-order valence-electron chi connectivity index (χ4n) is 2.62. The standard InChI is InChI=1S/C14H22N2/c1-14(2,3)13(16-15)12-8-7-10-5-4-6-11(10)9-12/h7-9,13,16H,4-6,15H2,1-3H3. The van der Waals surface area contributed by atoms with Crippen molar-refractivity contribution in [3.8, 4) is 0 Å². The second kappa shape index (κ2) is 4.19. The van der Waals surface area contributed by atoms with Crippen molar-refractivity contribution in [3.63, 3.8) is 0 Å². The maximum Gasteiger partial charge on any atom is 0.0508 e. The number of nitrogens with two attached hydrogens (primary N) is 1. The number of fused-ring (bicyclic) bond motifs is 1. The van der Waals surface area contributed by atoms with E-state index in [-0.39, 0.29) is 11.5 Å². The number of benzene rings is 1. The molecule has 2 heteroatoms. The van der Waals surface area contributed by atoms with Gasteiger partial charge in [-0.1, -0.05) is 39.0 Å². The van der Waals surface area contributed by atoms with E-state index in [1.807, 2.05) is 0 Å². The van der Waals surface area contributed by atoms with Crippen molar-refractivity contribution in [3.05, 3.63) is 34.9 Å². The van der Waals surface area contributed by atoms with E-state index in [4.69, 9.17) is 5.84 Å². The lowest BCUT2D eigenvalue weighted by atomic mass is 9.82. The lowest BCUT2D eigenvalue weighted by Gasteiger charge is -2.30. The van der Waals surface area contributed by atoms with Crippen LogP contribution in [0.4, 0.5) is 0 Å². The molecule has 0 radical (unpaired) electrons. The first-order chi connectivity index (χ1) is 7.52. The molecule has 0 heterocycles. The van der Waals surface area contributed by atoms with Crippen molar-refractivity contribution in [1.82, 2.24) is 5.43 Å².